The largest absolute Gasteiger partial charge is 0.0897 e. The molecule has 1 heteroatoms. The Kier molecular flexibility index (Phi) is 2.65. The van der Waals surface area contributed by atoms with Crippen LogP contribution in [0.1, 0.15) is 39.0 Å². The third-order valence-corrected chi connectivity index (χ3v) is 2.33. The van der Waals surface area contributed by atoms with Crippen molar-refractivity contribution in [2.75, 3.05) is 0 Å². The van der Waals surface area contributed by atoms with E-state index in [-0.39, 0.29) is 0 Å². The SMILES string of the molecule is CCCCC1CC(=S)C1. The van der Waals surface area contributed by atoms with Gasteiger partial charge in [-0.1, -0.05) is 32.0 Å². The minimum atomic E-state index is 0.970. The molecular formula is C8H14S. The lowest BCUT2D eigenvalue weighted by Crippen LogP contribution is -2.21. The van der Waals surface area contributed by atoms with Gasteiger partial charge in [-0.3, -0.25) is 0 Å². The summed E-state index contributed by atoms with van der Waals surface area (Å²) >= 11 is 5.01. The van der Waals surface area contributed by atoms with Gasteiger partial charge in [-0.25, -0.2) is 0 Å². The maximum absolute atomic E-state index is 5.01. The van der Waals surface area contributed by atoms with Crippen LogP contribution in [-0.4, -0.2) is 4.86 Å². The second-order valence-corrected chi connectivity index (χ2v) is 3.53. The zero-order valence-corrected chi connectivity index (χ0v) is 6.84. The van der Waals surface area contributed by atoms with E-state index >= 15 is 0 Å². The van der Waals surface area contributed by atoms with Crippen molar-refractivity contribution in [1.29, 1.82) is 0 Å². The lowest BCUT2D eigenvalue weighted by molar-refractivity contribution is 0.450. The summed E-state index contributed by atoms with van der Waals surface area (Å²) in [7, 11) is 0. The molecule has 0 atom stereocenters. The first-order valence-electron chi connectivity index (χ1n) is 3.84. The lowest BCUT2D eigenvalue weighted by atomic mass is 9.81. The Bertz CT molecular complexity index is 99.1. The second kappa shape index (κ2) is 3.31. The van der Waals surface area contributed by atoms with Crippen LogP contribution in [0.3, 0.4) is 0 Å². The molecule has 1 aliphatic rings. The Morgan fingerprint density at radius 2 is 2.22 bits per heavy atom. The van der Waals surface area contributed by atoms with Crippen LogP contribution in [0.5, 0.6) is 0 Å². The molecule has 9 heavy (non-hydrogen) atoms. The number of unbranched alkanes of at least 4 members (excludes halogenated alkanes) is 1. The average molecular weight is 142 g/mol. The normalized spacial score (nSPS) is 19.9. The highest BCUT2D eigenvalue weighted by atomic mass is 32.1. The van der Waals surface area contributed by atoms with Crippen LogP contribution < -0.4 is 0 Å². The summed E-state index contributed by atoms with van der Waals surface area (Å²) < 4.78 is 0. The molecule has 0 aliphatic heterocycles. The summed E-state index contributed by atoms with van der Waals surface area (Å²) in [5.74, 6) is 0.970. The Morgan fingerprint density at radius 1 is 1.56 bits per heavy atom. The van der Waals surface area contributed by atoms with Gasteiger partial charge in [-0.2, -0.15) is 0 Å². The van der Waals surface area contributed by atoms with E-state index in [0.717, 1.165) is 5.92 Å². The molecule has 0 aromatic heterocycles. The molecule has 0 bridgehead atoms. The molecule has 1 saturated carbocycles. The van der Waals surface area contributed by atoms with E-state index in [0.29, 0.717) is 0 Å². The van der Waals surface area contributed by atoms with Gasteiger partial charge >= 0.3 is 0 Å². The Balaban J connectivity index is 1.97. The summed E-state index contributed by atoms with van der Waals surface area (Å²) in [6.07, 6.45) is 6.64. The molecule has 0 heterocycles. The van der Waals surface area contributed by atoms with Gasteiger partial charge in [0.2, 0.25) is 0 Å². The molecule has 1 aliphatic carbocycles. The van der Waals surface area contributed by atoms with Gasteiger partial charge in [-0.05, 0) is 30.0 Å². The molecule has 52 valence electrons. The van der Waals surface area contributed by atoms with E-state index in [1.807, 2.05) is 0 Å². The van der Waals surface area contributed by atoms with Crippen molar-refractivity contribution in [1.82, 2.24) is 0 Å². The molecule has 0 aromatic rings. The van der Waals surface area contributed by atoms with Gasteiger partial charge in [0.15, 0.2) is 0 Å². The van der Waals surface area contributed by atoms with Gasteiger partial charge in [-0.15, -0.1) is 0 Å². The van der Waals surface area contributed by atoms with Crippen molar-refractivity contribution < 1.29 is 0 Å². The summed E-state index contributed by atoms with van der Waals surface area (Å²) in [4.78, 5) is 1.30. The molecule has 0 saturated heterocycles. The van der Waals surface area contributed by atoms with Gasteiger partial charge < -0.3 is 0 Å². The van der Waals surface area contributed by atoms with Crippen LogP contribution >= 0.6 is 12.2 Å². The van der Waals surface area contributed by atoms with E-state index in [4.69, 9.17) is 12.2 Å². The Morgan fingerprint density at radius 3 is 2.67 bits per heavy atom. The molecule has 1 fully saturated rings. The standard InChI is InChI=1S/C8H14S/c1-2-3-4-7-5-8(9)6-7/h7H,2-6H2,1H3. The van der Waals surface area contributed by atoms with Gasteiger partial charge in [0.1, 0.15) is 0 Å². The molecule has 0 amide bonds. The third kappa shape index (κ3) is 2.05. The zero-order chi connectivity index (χ0) is 6.69. The van der Waals surface area contributed by atoms with E-state index in [1.165, 1.54) is 37.0 Å². The zero-order valence-electron chi connectivity index (χ0n) is 6.02. The summed E-state index contributed by atoms with van der Waals surface area (Å²) in [5, 5.41) is 0. The van der Waals surface area contributed by atoms with Crippen LogP contribution in [0.15, 0.2) is 0 Å². The average Bonchev–Trinajstić information content (AvgIpc) is 1.78. The van der Waals surface area contributed by atoms with Crippen molar-refractivity contribution in [3.05, 3.63) is 0 Å². The van der Waals surface area contributed by atoms with Crippen molar-refractivity contribution in [2.24, 2.45) is 5.92 Å². The predicted molar refractivity (Wildman–Crippen MR) is 44.8 cm³/mol. The van der Waals surface area contributed by atoms with Crippen LogP contribution in [0.2, 0.25) is 0 Å². The number of hydrogen-bond donors (Lipinski definition) is 0. The Hall–Kier alpha value is 0.0900. The van der Waals surface area contributed by atoms with Gasteiger partial charge in [0, 0.05) is 0 Å². The first kappa shape index (κ1) is 7.20. The highest BCUT2D eigenvalue weighted by Crippen LogP contribution is 2.28. The fraction of sp³-hybridized carbons (Fsp3) is 0.875. The smallest absolute Gasteiger partial charge is 0.00658 e. The Labute approximate surface area is 62.6 Å². The molecule has 0 unspecified atom stereocenters. The number of thiocarbonyl (C=S) groups is 1. The van der Waals surface area contributed by atoms with E-state index < -0.39 is 0 Å². The molecule has 1 rings (SSSR count). The maximum Gasteiger partial charge on any atom is -0.00658 e. The van der Waals surface area contributed by atoms with E-state index in [9.17, 15) is 0 Å². The molecule has 0 N–H and O–H groups in total. The monoisotopic (exact) mass is 142 g/mol. The highest BCUT2D eigenvalue weighted by Gasteiger charge is 2.21. The summed E-state index contributed by atoms with van der Waals surface area (Å²) in [6.45, 7) is 2.25. The van der Waals surface area contributed by atoms with Crippen molar-refractivity contribution in [2.45, 2.75) is 39.0 Å². The molecule has 0 radical (unpaired) electrons. The minimum absolute atomic E-state index is 0.970. The van der Waals surface area contributed by atoms with Crippen molar-refractivity contribution >= 4 is 17.1 Å². The van der Waals surface area contributed by atoms with Crippen LogP contribution in [0.25, 0.3) is 0 Å². The lowest BCUT2D eigenvalue weighted by Gasteiger charge is -2.26. The molecule has 0 spiro atoms. The quantitative estimate of drug-likeness (QED) is 0.546. The van der Waals surface area contributed by atoms with E-state index in [2.05, 4.69) is 6.92 Å². The highest BCUT2D eigenvalue weighted by molar-refractivity contribution is 7.80. The predicted octanol–water partition coefficient (Wildman–Crippen LogP) is 2.96. The third-order valence-electron chi connectivity index (χ3n) is 2.00. The van der Waals surface area contributed by atoms with E-state index in [1.54, 1.807) is 0 Å². The van der Waals surface area contributed by atoms with Gasteiger partial charge in [0.25, 0.3) is 0 Å². The second-order valence-electron chi connectivity index (χ2n) is 2.96. The molecule has 0 aromatic carbocycles. The topological polar surface area (TPSA) is 0 Å². The molecule has 0 nitrogen and oxygen atoms in total. The first-order chi connectivity index (χ1) is 4.33. The fourth-order valence-corrected chi connectivity index (χ4v) is 1.75. The number of hydrogen-bond acceptors (Lipinski definition) is 1. The fourth-order valence-electron chi connectivity index (χ4n) is 1.28. The number of rotatable bonds is 3. The first-order valence-corrected chi connectivity index (χ1v) is 4.25. The summed E-state index contributed by atoms with van der Waals surface area (Å²) in [6, 6.07) is 0. The van der Waals surface area contributed by atoms with Crippen molar-refractivity contribution in [3.63, 3.8) is 0 Å². The van der Waals surface area contributed by atoms with Crippen molar-refractivity contribution in [3.8, 4) is 0 Å². The van der Waals surface area contributed by atoms with Crippen LogP contribution in [0, 0.1) is 5.92 Å². The van der Waals surface area contributed by atoms with Gasteiger partial charge in [0.05, 0.1) is 0 Å². The van der Waals surface area contributed by atoms with Crippen LogP contribution in [-0.2, 0) is 0 Å². The van der Waals surface area contributed by atoms with Crippen LogP contribution in [0.4, 0.5) is 0 Å². The summed E-state index contributed by atoms with van der Waals surface area (Å²) in [5.41, 5.74) is 0. The molecular weight excluding hydrogens is 128 g/mol. The minimum Gasteiger partial charge on any atom is -0.0897 e. The maximum atomic E-state index is 5.01.